The van der Waals surface area contributed by atoms with Crippen LogP contribution in [-0.4, -0.2) is 36.0 Å². The second kappa shape index (κ2) is 10.2. The lowest BCUT2D eigenvalue weighted by Crippen LogP contribution is -2.30. The first kappa shape index (κ1) is 23.0. The number of carbonyl (C=O) groups is 2. The minimum absolute atomic E-state index is 0.291. The minimum Gasteiger partial charge on any atom is -0.465 e. The van der Waals surface area contributed by atoms with Crippen molar-refractivity contribution in [2.24, 2.45) is 0 Å². The van der Waals surface area contributed by atoms with Crippen LogP contribution in [-0.2, 0) is 0 Å². The molecule has 0 saturated carbocycles. The maximum Gasteiger partial charge on any atom is 0.410 e. The van der Waals surface area contributed by atoms with E-state index in [1.54, 1.807) is 18.2 Å². The van der Waals surface area contributed by atoms with E-state index in [0.717, 1.165) is 48.3 Å². The van der Waals surface area contributed by atoms with Gasteiger partial charge in [0.25, 0.3) is 5.91 Å². The van der Waals surface area contributed by atoms with Crippen LogP contribution in [0.2, 0.25) is 0 Å². The van der Waals surface area contributed by atoms with Gasteiger partial charge in [-0.2, -0.15) is 0 Å². The lowest BCUT2D eigenvalue weighted by atomic mass is 10.0. The van der Waals surface area contributed by atoms with Crippen molar-refractivity contribution in [3.63, 3.8) is 0 Å². The highest BCUT2D eigenvalue weighted by Crippen LogP contribution is 2.27. The van der Waals surface area contributed by atoms with E-state index < -0.39 is 6.09 Å². The summed E-state index contributed by atoms with van der Waals surface area (Å²) >= 11 is 0. The summed E-state index contributed by atoms with van der Waals surface area (Å²) < 4.78 is 0. The van der Waals surface area contributed by atoms with E-state index >= 15 is 0 Å². The highest BCUT2D eigenvalue weighted by Gasteiger charge is 2.17. The molecule has 0 unspecified atom stereocenters. The summed E-state index contributed by atoms with van der Waals surface area (Å²) in [5, 5.41) is 22.2. The molecule has 7 nitrogen and oxygen atoms in total. The van der Waals surface area contributed by atoms with Gasteiger partial charge in [0.1, 0.15) is 5.84 Å². The fraction of sp³-hybridized carbons (Fsp3) is 0.222. The third-order valence-corrected chi connectivity index (χ3v) is 5.98. The van der Waals surface area contributed by atoms with Crippen molar-refractivity contribution in [3.8, 4) is 11.1 Å². The van der Waals surface area contributed by atoms with Crippen molar-refractivity contribution in [1.29, 1.82) is 5.41 Å². The molecule has 0 radical (unpaired) electrons. The Bertz CT molecular complexity index is 1210. The molecule has 0 bridgehead atoms. The highest BCUT2D eigenvalue weighted by atomic mass is 16.4. The average molecular weight is 457 g/mol. The normalized spacial score (nSPS) is 13.3. The summed E-state index contributed by atoms with van der Waals surface area (Å²) in [7, 11) is 0. The van der Waals surface area contributed by atoms with Crippen molar-refractivity contribution in [1.82, 2.24) is 5.32 Å². The van der Waals surface area contributed by atoms with Crippen LogP contribution in [0.15, 0.2) is 66.7 Å². The molecule has 1 aliphatic rings. The number of amidine groups is 1. The summed E-state index contributed by atoms with van der Waals surface area (Å²) in [5.41, 5.74) is 5.12. The SMILES string of the molecule is Cc1ccc(-c2ccc(C(=N)NC(=O)O)c(NC(=O)c3cccc(N4CCCCC4)c3)c2)cc1. The van der Waals surface area contributed by atoms with E-state index in [1.807, 2.05) is 55.5 Å². The molecule has 1 saturated heterocycles. The zero-order valence-corrected chi connectivity index (χ0v) is 19.1. The van der Waals surface area contributed by atoms with Crippen molar-refractivity contribution in [3.05, 3.63) is 83.4 Å². The van der Waals surface area contributed by atoms with Crippen molar-refractivity contribution >= 4 is 29.2 Å². The van der Waals surface area contributed by atoms with Gasteiger partial charge in [-0.25, -0.2) is 4.79 Å². The largest absolute Gasteiger partial charge is 0.465 e. The van der Waals surface area contributed by atoms with Crippen LogP contribution < -0.4 is 15.5 Å². The van der Waals surface area contributed by atoms with E-state index in [4.69, 9.17) is 10.5 Å². The van der Waals surface area contributed by atoms with E-state index in [1.165, 1.54) is 6.42 Å². The smallest absolute Gasteiger partial charge is 0.410 e. The fourth-order valence-corrected chi connectivity index (χ4v) is 4.16. The van der Waals surface area contributed by atoms with Gasteiger partial charge in [0, 0.05) is 29.9 Å². The van der Waals surface area contributed by atoms with Crippen LogP contribution >= 0.6 is 0 Å². The van der Waals surface area contributed by atoms with Gasteiger partial charge in [-0.1, -0.05) is 42.0 Å². The van der Waals surface area contributed by atoms with Gasteiger partial charge in [0.05, 0.1) is 5.69 Å². The Morgan fingerprint density at radius 3 is 2.32 bits per heavy atom. The first-order chi connectivity index (χ1) is 16.4. The van der Waals surface area contributed by atoms with Crippen molar-refractivity contribution in [2.75, 3.05) is 23.3 Å². The number of benzene rings is 3. The van der Waals surface area contributed by atoms with E-state index in [-0.39, 0.29) is 11.7 Å². The quantitative estimate of drug-likeness (QED) is 0.301. The third-order valence-electron chi connectivity index (χ3n) is 5.98. The Kier molecular flexibility index (Phi) is 6.92. The van der Waals surface area contributed by atoms with Crippen LogP contribution in [0, 0.1) is 12.3 Å². The number of piperidine rings is 1. The minimum atomic E-state index is -1.33. The van der Waals surface area contributed by atoms with Gasteiger partial charge < -0.3 is 15.3 Å². The molecule has 3 aromatic rings. The second-order valence-electron chi connectivity index (χ2n) is 8.48. The third kappa shape index (κ3) is 5.43. The lowest BCUT2D eigenvalue weighted by molar-refractivity contribution is 0.102. The Balaban J connectivity index is 1.65. The van der Waals surface area contributed by atoms with Crippen LogP contribution in [0.1, 0.15) is 40.7 Å². The van der Waals surface area contributed by atoms with E-state index in [2.05, 4.69) is 15.5 Å². The molecule has 1 fully saturated rings. The number of anilines is 2. The Morgan fingerprint density at radius 2 is 1.62 bits per heavy atom. The predicted molar refractivity (Wildman–Crippen MR) is 135 cm³/mol. The molecule has 34 heavy (non-hydrogen) atoms. The number of amides is 2. The number of nitrogens with one attached hydrogen (secondary N) is 3. The molecule has 0 atom stereocenters. The number of carbonyl (C=O) groups excluding carboxylic acids is 1. The van der Waals surface area contributed by atoms with Crippen LogP contribution in [0.5, 0.6) is 0 Å². The topological polar surface area (TPSA) is 106 Å². The number of rotatable bonds is 5. The first-order valence-corrected chi connectivity index (χ1v) is 11.4. The number of aryl methyl sites for hydroxylation is 1. The standard InChI is InChI=1S/C27H28N4O3/c1-18-8-10-19(11-9-18)20-12-13-23(25(28)30-27(33)34)24(17-20)29-26(32)21-6-5-7-22(16-21)31-14-3-2-4-15-31/h5-13,16-17H,2-4,14-15H2,1H3,(H2,28,30)(H,29,32)(H,33,34). The molecule has 0 spiro atoms. The molecule has 2 amide bonds. The predicted octanol–water partition coefficient (Wildman–Crippen LogP) is 5.50. The number of hydrogen-bond acceptors (Lipinski definition) is 4. The van der Waals surface area contributed by atoms with Gasteiger partial charge in [-0.3, -0.25) is 15.5 Å². The summed E-state index contributed by atoms with van der Waals surface area (Å²) in [6.45, 7) is 3.97. The van der Waals surface area contributed by atoms with Gasteiger partial charge in [0.2, 0.25) is 0 Å². The molecule has 3 aromatic carbocycles. The maximum absolute atomic E-state index is 13.2. The molecule has 4 N–H and O–H groups in total. The zero-order chi connectivity index (χ0) is 24.1. The van der Waals surface area contributed by atoms with Crippen molar-refractivity contribution in [2.45, 2.75) is 26.2 Å². The molecule has 7 heteroatoms. The van der Waals surface area contributed by atoms with Gasteiger partial charge in [-0.15, -0.1) is 0 Å². The zero-order valence-electron chi connectivity index (χ0n) is 19.1. The first-order valence-electron chi connectivity index (χ1n) is 11.4. The van der Waals surface area contributed by atoms with Crippen LogP contribution in [0.25, 0.3) is 11.1 Å². The number of nitrogens with zero attached hydrogens (tertiary/aromatic N) is 1. The Hall–Kier alpha value is -4.13. The molecule has 4 rings (SSSR count). The summed E-state index contributed by atoms with van der Waals surface area (Å²) in [5.74, 6) is -0.621. The molecular formula is C27H28N4O3. The fourth-order valence-electron chi connectivity index (χ4n) is 4.16. The molecular weight excluding hydrogens is 428 g/mol. The van der Waals surface area contributed by atoms with Gasteiger partial charge in [-0.05, 0) is 67.6 Å². The van der Waals surface area contributed by atoms with E-state index in [9.17, 15) is 9.59 Å². The highest BCUT2D eigenvalue weighted by molar-refractivity contribution is 6.12. The van der Waals surface area contributed by atoms with Gasteiger partial charge in [0.15, 0.2) is 0 Å². The van der Waals surface area contributed by atoms with Crippen LogP contribution in [0.3, 0.4) is 0 Å². The van der Waals surface area contributed by atoms with Gasteiger partial charge >= 0.3 is 6.09 Å². The summed E-state index contributed by atoms with van der Waals surface area (Å²) in [6, 6.07) is 20.7. The molecule has 1 aliphatic heterocycles. The lowest BCUT2D eigenvalue weighted by Gasteiger charge is -2.29. The monoisotopic (exact) mass is 456 g/mol. The molecule has 0 aromatic heterocycles. The van der Waals surface area contributed by atoms with E-state index in [0.29, 0.717) is 16.8 Å². The number of carboxylic acid groups (broad SMARTS) is 1. The van der Waals surface area contributed by atoms with Crippen LogP contribution in [0.4, 0.5) is 16.2 Å². The Labute approximate surface area is 198 Å². The van der Waals surface area contributed by atoms with Crippen molar-refractivity contribution < 1.29 is 14.7 Å². The molecule has 0 aliphatic carbocycles. The summed E-state index contributed by atoms with van der Waals surface area (Å²) in [4.78, 5) is 26.6. The maximum atomic E-state index is 13.2. The average Bonchev–Trinajstić information content (AvgIpc) is 2.84. The second-order valence-corrected chi connectivity index (χ2v) is 8.48. The number of hydrogen-bond donors (Lipinski definition) is 4. The summed E-state index contributed by atoms with van der Waals surface area (Å²) in [6.07, 6.45) is 2.18. The molecule has 174 valence electrons. The Morgan fingerprint density at radius 1 is 0.912 bits per heavy atom. The molecule has 1 heterocycles.